The summed E-state index contributed by atoms with van der Waals surface area (Å²) in [5.74, 6) is -1.18. The van der Waals surface area contributed by atoms with Crippen molar-refractivity contribution in [1.82, 2.24) is 4.72 Å². The monoisotopic (exact) mass is 413 g/mol. The van der Waals surface area contributed by atoms with Crippen LogP contribution in [-0.4, -0.2) is 25.5 Å². The SMILES string of the molecule is CCC[C@H](NS(=O)(=O)c1ccc(Br)cc1Br)C(=O)O. The molecule has 0 spiro atoms. The Labute approximate surface area is 128 Å². The maximum atomic E-state index is 12.1. The average molecular weight is 415 g/mol. The van der Waals surface area contributed by atoms with Gasteiger partial charge in [-0.15, -0.1) is 0 Å². The molecule has 106 valence electrons. The lowest BCUT2D eigenvalue weighted by Gasteiger charge is -2.14. The van der Waals surface area contributed by atoms with Crippen LogP contribution in [0.3, 0.4) is 0 Å². The van der Waals surface area contributed by atoms with Gasteiger partial charge in [0.2, 0.25) is 10.0 Å². The van der Waals surface area contributed by atoms with Gasteiger partial charge in [-0.25, -0.2) is 8.42 Å². The van der Waals surface area contributed by atoms with E-state index >= 15 is 0 Å². The molecule has 0 amide bonds. The van der Waals surface area contributed by atoms with E-state index in [1.54, 1.807) is 19.1 Å². The van der Waals surface area contributed by atoms with E-state index in [-0.39, 0.29) is 11.3 Å². The summed E-state index contributed by atoms with van der Waals surface area (Å²) >= 11 is 6.37. The van der Waals surface area contributed by atoms with Gasteiger partial charge in [-0.1, -0.05) is 29.3 Å². The molecule has 1 rings (SSSR count). The minimum Gasteiger partial charge on any atom is -0.480 e. The van der Waals surface area contributed by atoms with E-state index in [0.29, 0.717) is 10.9 Å². The third-order valence-electron chi connectivity index (χ3n) is 2.36. The zero-order valence-corrected chi connectivity index (χ0v) is 14.0. The molecule has 0 bridgehead atoms. The number of carbonyl (C=O) groups is 1. The highest BCUT2D eigenvalue weighted by Gasteiger charge is 2.26. The summed E-state index contributed by atoms with van der Waals surface area (Å²) in [7, 11) is -3.87. The standard InChI is InChI=1S/C11H13Br2NO4S/c1-2-3-9(11(15)16)14-19(17,18)10-5-4-7(12)6-8(10)13/h4-6,9,14H,2-3H2,1H3,(H,15,16)/t9-/m0/s1. The Hall–Kier alpha value is -0.440. The van der Waals surface area contributed by atoms with Crippen molar-refractivity contribution in [2.45, 2.75) is 30.7 Å². The lowest BCUT2D eigenvalue weighted by atomic mass is 10.2. The lowest BCUT2D eigenvalue weighted by molar-refractivity contribution is -0.139. The van der Waals surface area contributed by atoms with Crippen LogP contribution in [-0.2, 0) is 14.8 Å². The number of halogens is 2. The van der Waals surface area contributed by atoms with Gasteiger partial charge < -0.3 is 5.11 Å². The zero-order valence-electron chi connectivity index (χ0n) is 10.1. The van der Waals surface area contributed by atoms with E-state index in [2.05, 4.69) is 36.6 Å². The molecule has 0 radical (unpaired) electrons. The third-order valence-corrected chi connectivity index (χ3v) is 5.30. The highest BCUT2D eigenvalue weighted by atomic mass is 79.9. The van der Waals surface area contributed by atoms with Crippen molar-refractivity contribution in [3.63, 3.8) is 0 Å². The number of hydrogen-bond donors (Lipinski definition) is 2. The largest absolute Gasteiger partial charge is 0.480 e. The molecule has 0 aliphatic heterocycles. The summed E-state index contributed by atoms with van der Waals surface area (Å²) in [6.07, 6.45) is 0.809. The van der Waals surface area contributed by atoms with Crippen molar-refractivity contribution >= 4 is 47.9 Å². The van der Waals surface area contributed by atoms with Crippen LogP contribution in [0.1, 0.15) is 19.8 Å². The second kappa shape index (κ2) is 6.83. The summed E-state index contributed by atoms with van der Waals surface area (Å²) in [6.45, 7) is 1.79. The summed E-state index contributed by atoms with van der Waals surface area (Å²) in [4.78, 5) is 11.0. The highest BCUT2D eigenvalue weighted by molar-refractivity contribution is 9.11. The molecule has 0 saturated carbocycles. The second-order valence-electron chi connectivity index (χ2n) is 3.88. The van der Waals surface area contributed by atoms with Gasteiger partial charge in [0.05, 0.1) is 4.90 Å². The number of rotatable bonds is 6. The van der Waals surface area contributed by atoms with E-state index < -0.39 is 22.0 Å². The van der Waals surface area contributed by atoms with Gasteiger partial charge in [0.25, 0.3) is 0 Å². The van der Waals surface area contributed by atoms with Gasteiger partial charge in [0.1, 0.15) is 6.04 Å². The molecule has 0 aliphatic rings. The number of nitrogens with one attached hydrogen (secondary N) is 1. The summed E-state index contributed by atoms with van der Waals surface area (Å²) in [5.41, 5.74) is 0. The van der Waals surface area contributed by atoms with Gasteiger partial charge in [-0.05, 0) is 40.5 Å². The maximum absolute atomic E-state index is 12.1. The highest BCUT2D eigenvalue weighted by Crippen LogP contribution is 2.25. The molecule has 19 heavy (non-hydrogen) atoms. The molecule has 1 aromatic rings. The smallest absolute Gasteiger partial charge is 0.321 e. The molecule has 0 aromatic heterocycles. The predicted octanol–water partition coefficient (Wildman–Crippen LogP) is 2.74. The molecule has 0 fully saturated rings. The molecule has 0 aliphatic carbocycles. The predicted molar refractivity (Wildman–Crippen MR) is 78.5 cm³/mol. The van der Waals surface area contributed by atoms with Crippen LogP contribution in [0.15, 0.2) is 32.0 Å². The van der Waals surface area contributed by atoms with Crippen molar-refractivity contribution in [2.24, 2.45) is 0 Å². The topological polar surface area (TPSA) is 83.5 Å². The molecule has 0 saturated heterocycles. The summed E-state index contributed by atoms with van der Waals surface area (Å²) in [5, 5.41) is 8.98. The Bertz CT molecular complexity index is 574. The van der Waals surface area contributed by atoms with Crippen LogP contribution >= 0.6 is 31.9 Å². The number of sulfonamides is 1. The first-order valence-electron chi connectivity index (χ1n) is 5.48. The fourth-order valence-corrected chi connectivity index (χ4v) is 4.43. The Morgan fingerprint density at radius 3 is 2.53 bits per heavy atom. The Balaban J connectivity index is 3.06. The molecule has 1 aromatic carbocycles. The van der Waals surface area contributed by atoms with Crippen molar-refractivity contribution in [1.29, 1.82) is 0 Å². The molecule has 1 atom stereocenters. The summed E-state index contributed by atoms with van der Waals surface area (Å²) < 4.78 is 27.6. The summed E-state index contributed by atoms with van der Waals surface area (Å²) in [6, 6.07) is 3.45. The van der Waals surface area contributed by atoms with Crippen LogP contribution < -0.4 is 4.72 Å². The van der Waals surface area contributed by atoms with Crippen molar-refractivity contribution in [2.75, 3.05) is 0 Å². The average Bonchev–Trinajstić information content (AvgIpc) is 2.27. The molecule has 2 N–H and O–H groups in total. The first-order chi connectivity index (χ1) is 8.77. The van der Waals surface area contributed by atoms with Crippen LogP contribution in [0.25, 0.3) is 0 Å². The number of carboxylic acid groups (broad SMARTS) is 1. The molecular weight excluding hydrogens is 402 g/mol. The van der Waals surface area contributed by atoms with E-state index in [1.807, 2.05) is 0 Å². The van der Waals surface area contributed by atoms with E-state index in [9.17, 15) is 13.2 Å². The quantitative estimate of drug-likeness (QED) is 0.749. The van der Waals surface area contributed by atoms with Gasteiger partial charge in [-0.2, -0.15) is 4.72 Å². The van der Waals surface area contributed by atoms with E-state index in [4.69, 9.17) is 5.11 Å². The van der Waals surface area contributed by atoms with Gasteiger partial charge in [-0.3, -0.25) is 4.79 Å². The fourth-order valence-electron chi connectivity index (χ4n) is 1.47. The normalized spacial score (nSPS) is 13.2. The fraction of sp³-hybridized carbons (Fsp3) is 0.364. The first-order valence-corrected chi connectivity index (χ1v) is 8.55. The number of carboxylic acids is 1. The first kappa shape index (κ1) is 16.6. The minimum atomic E-state index is -3.87. The van der Waals surface area contributed by atoms with Crippen molar-refractivity contribution < 1.29 is 18.3 Å². The van der Waals surface area contributed by atoms with Crippen LogP contribution in [0.5, 0.6) is 0 Å². The Kier molecular flexibility index (Phi) is 5.97. The zero-order chi connectivity index (χ0) is 14.6. The van der Waals surface area contributed by atoms with Crippen LogP contribution in [0, 0.1) is 0 Å². The lowest BCUT2D eigenvalue weighted by Crippen LogP contribution is -2.40. The number of aliphatic carboxylic acids is 1. The van der Waals surface area contributed by atoms with Gasteiger partial charge >= 0.3 is 5.97 Å². The van der Waals surface area contributed by atoms with Crippen LogP contribution in [0.2, 0.25) is 0 Å². The maximum Gasteiger partial charge on any atom is 0.321 e. The van der Waals surface area contributed by atoms with E-state index in [1.165, 1.54) is 6.07 Å². The van der Waals surface area contributed by atoms with Crippen molar-refractivity contribution in [3.8, 4) is 0 Å². The third kappa shape index (κ3) is 4.55. The van der Waals surface area contributed by atoms with Gasteiger partial charge in [0, 0.05) is 8.95 Å². The number of benzene rings is 1. The molecule has 0 heterocycles. The van der Waals surface area contributed by atoms with Gasteiger partial charge in [0.15, 0.2) is 0 Å². The van der Waals surface area contributed by atoms with E-state index in [0.717, 1.165) is 4.47 Å². The molecular formula is C11H13Br2NO4S. The Morgan fingerprint density at radius 2 is 2.05 bits per heavy atom. The van der Waals surface area contributed by atoms with Crippen molar-refractivity contribution in [3.05, 3.63) is 27.1 Å². The molecule has 5 nitrogen and oxygen atoms in total. The molecule has 8 heteroatoms. The second-order valence-corrected chi connectivity index (χ2v) is 7.33. The number of hydrogen-bond acceptors (Lipinski definition) is 3. The Morgan fingerprint density at radius 1 is 1.42 bits per heavy atom. The van der Waals surface area contributed by atoms with Crippen LogP contribution in [0.4, 0.5) is 0 Å². The minimum absolute atomic E-state index is 0.0121. The molecule has 0 unspecified atom stereocenters.